The maximum atomic E-state index is 13.5. The molecule has 0 aromatic rings. The van der Waals surface area contributed by atoms with Crippen molar-refractivity contribution in [3.8, 4) is 0 Å². The molecule has 8 heteroatoms. The Labute approximate surface area is 288 Å². The Hall–Kier alpha value is -2.00. The number of fused-ring (bicyclic) bond motifs is 7. The lowest BCUT2D eigenvalue weighted by Crippen LogP contribution is -2.76. The second kappa shape index (κ2) is 12.1. The predicted octanol–water partition coefficient (Wildman–Crippen LogP) is 6.06. The maximum Gasteiger partial charge on any atom is 0.333 e. The fraction of sp³-hybridized carbons (Fsp3) is 0.800. The van der Waals surface area contributed by atoms with Gasteiger partial charge in [0.1, 0.15) is 6.10 Å². The molecule has 0 saturated heterocycles. The molecule has 4 N–H and O–H groups in total. The van der Waals surface area contributed by atoms with Crippen molar-refractivity contribution in [3.63, 3.8) is 0 Å². The zero-order chi connectivity index (χ0) is 36.0. The predicted molar refractivity (Wildman–Crippen MR) is 184 cm³/mol. The molecule has 3 unspecified atom stereocenters. The zero-order valence-corrected chi connectivity index (χ0v) is 31.2. The van der Waals surface area contributed by atoms with E-state index in [4.69, 9.17) is 9.47 Å². The Kier molecular flexibility index (Phi) is 9.36. The molecule has 270 valence electrons. The molecule has 0 heterocycles. The number of aliphatic hydroxyl groups excluding tert-OH is 4. The van der Waals surface area contributed by atoms with Crippen LogP contribution in [-0.2, 0) is 19.1 Å². The summed E-state index contributed by atoms with van der Waals surface area (Å²) in [5, 5.41) is 47.8. The van der Waals surface area contributed by atoms with Crippen LogP contribution in [-0.4, -0.2) is 69.5 Å². The molecule has 0 spiro atoms. The molecule has 0 amide bonds. The fourth-order valence-electron chi connectivity index (χ4n) is 11.9. The van der Waals surface area contributed by atoms with Crippen LogP contribution in [0.5, 0.6) is 0 Å². The third kappa shape index (κ3) is 4.81. The minimum Gasteiger partial charge on any atom is -0.454 e. The van der Waals surface area contributed by atoms with Crippen molar-refractivity contribution in [3.05, 3.63) is 34.9 Å². The van der Waals surface area contributed by atoms with E-state index < -0.39 is 70.5 Å². The smallest absolute Gasteiger partial charge is 0.333 e. The van der Waals surface area contributed by atoms with Gasteiger partial charge in [-0.1, -0.05) is 72.3 Å². The van der Waals surface area contributed by atoms with Crippen molar-refractivity contribution in [2.45, 2.75) is 145 Å². The van der Waals surface area contributed by atoms with E-state index in [1.165, 1.54) is 0 Å². The zero-order valence-electron chi connectivity index (χ0n) is 31.2. The van der Waals surface area contributed by atoms with Crippen molar-refractivity contribution < 1.29 is 39.5 Å². The van der Waals surface area contributed by atoms with Crippen molar-refractivity contribution >= 4 is 11.9 Å². The van der Waals surface area contributed by atoms with E-state index in [1.807, 2.05) is 13.8 Å². The van der Waals surface area contributed by atoms with Crippen LogP contribution in [0.15, 0.2) is 34.9 Å². The van der Waals surface area contributed by atoms with Crippen LogP contribution in [0.3, 0.4) is 0 Å². The van der Waals surface area contributed by atoms with Crippen molar-refractivity contribution in [2.24, 2.45) is 50.2 Å². The van der Waals surface area contributed by atoms with Gasteiger partial charge in [0.15, 0.2) is 6.10 Å². The summed E-state index contributed by atoms with van der Waals surface area (Å²) < 4.78 is 12.4. The highest BCUT2D eigenvalue weighted by Crippen LogP contribution is 2.76. The van der Waals surface area contributed by atoms with Gasteiger partial charge in [0, 0.05) is 22.0 Å². The van der Waals surface area contributed by atoms with Gasteiger partial charge in [0.05, 0.1) is 30.3 Å². The lowest BCUT2D eigenvalue weighted by atomic mass is 9.32. The Morgan fingerprint density at radius 1 is 0.833 bits per heavy atom. The third-order valence-corrected chi connectivity index (χ3v) is 15.4. The Morgan fingerprint density at radius 2 is 1.40 bits per heavy atom. The molecule has 0 radical (unpaired) electrons. The summed E-state index contributed by atoms with van der Waals surface area (Å²) in [4.78, 5) is 26.8. The van der Waals surface area contributed by atoms with Crippen molar-refractivity contribution in [1.29, 1.82) is 0 Å². The first-order valence-electron chi connectivity index (χ1n) is 18.2. The van der Waals surface area contributed by atoms with E-state index in [1.54, 1.807) is 39.8 Å². The number of hydrogen-bond acceptors (Lipinski definition) is 8. The number of allylic oxidation sites excluding steroid dienone is 3. The molecule has 8 nitrogen and oxygen atoms in total. The lowest BCUT2D eigenvalue weighted by molar-refractivity contribution is -0.292. The van der Waals surface area contributed by atoms with E-state index in [0.717, 1.165) is 37.7 Å². The van der Waals surface area contributed by atoms with Crippen LogP contribution >= 0.6 is 0 Å². The molecule has 0 aliphatic heterocycles. The highest BCUT2D eigenvalue weighted by atomic mass is 16.6. The first-order valence-corrected chi connectivity index (χ1v) is 18.2. The Bertz CT molecular complexity index is 1410. The number of rotatable bonds is 5. The van der Waals surface area contributed by atoms with Crippen molar-refractivity contribution in [1.82, 2.24) is 0 Å². The number of carbonyl (C=O) groups excluding carboxylic acids is 2. The van der Waals surface area contributed by atoms with E-state index >= 15 is 0 Å². The van der Waals surface area contributed by atoms with E-state index in [9.17, 15) is 30.0 Å². The fourth-order valence-corrected chi connectivity index (χ4v) is 11.9. The van der Waals surface area contributed by atoms with Gasteiger partial charge in [-0.15, -0.1) is 0 Å². The standard InChI is InChI=1S/C40H62O8/c1-12-22(3)33(45)47-31-32(48-34(46)23(4)13-2)40(21-41)25(20-35(31,5)6)24-14-15-27-37(9)18-17-28(42)36(7,8)26(37)16-19-38(27,10)39(24,11)29(43)30(40)44/h12-14,25-32,41-44H,15-21H2,1-11H3/b22-12-,23-13-/t25?,26?,27?,28-,29-,30+,31-,32-,37-,38+,39-,40-/m0/s1. The van der Waals surface area contributed by atoms with Crippen LogP contribution in [0.4, 0.5) is 0 Å². The van der Waals surface area contributed by atoms with E-state index in [2.05, 4.69) is 40.7 Å². The summed E-state index contributed by atoms with van der Waals surface area (Å²) in [5.41, 5.74) is -2.06. The topological polar surface area (TPSA) is 134 Å². The van der Waals surface area contributed by atoms with Gasteiger partial charge in [-0.05, 0) is 100 Å². The molecule has 5 rings (SSSR count). The summed E-state index contributed by atoms with van der Waals surface area (Å²) in [6.07, 6.45) is 4.81. The number of ether oxygens (including phenoxy) is 2. The molecule has 0 bridgehead atoms. The van der Waals surface area contributed by atoms with Gasteiger partial charge in [-0.2, -0.15) is 0 Å². The van der Waals surface area contributed by atoms with Gasteiger partial charge in [-0.25, -0.2) is 9.59 Å². The maximum absolute atomic E-state index is 13.5. The van der Waals surface area contributed by atoms with Crippen LogP contribution < -0.4 is 0 Å². The lowest BCUT2D eigenvalue weighted by Gasteiger charge is -2.73. The third-order valence-electron chi connectivity index (χ3n) is 15.4. The SMILES string of the molecule is C/C=C(/C)C(=O)O[C@H]1[C@H](OC(=O)/C(C)=C\C)[C@@]2(CO)C(CC1(C)C)C1=CCC3[C@@]4(C)CC[C@H](O)C(C)(C)C4CC[C@@]3(C)[C@]1(C)[C@@H](O)[C@H]2O. The molecule has 4 fully saturated rings. The second-order valence-electron chi connectivity index (χ2n) is 18.0. The van der Waals surface area contributed by atoms with Crippen molar-refractivity contribution in [2.75, 3.05) is 6.61 Å². The molecule has 0 aromatic heterocycles. The molecular formula is C40H62O8. The molecule has 48 heavy (non-hydrogen) atoms. The average molecular weight is 671 g/mol. The summed E-state index contributed by atoms with van der Waals surface area (Å²) in [7, 11) is 0. The number of aliphatic hydroxyl groups is 4. The molecule has 0 aromatic carbocycles. The van der Waals surface area contributed by atoms with Gasteiger partial charge in [0.25, 0.3) is 0 Å². The van der Waals surface area contributed by atoms with E-state index in [0.29, 0.717) is 23.5 Å². The number of hydrogen-bond donors (Lipinski definition) is 4. The van der Waals surface area contributed by atoms with Crippen LogP contribution in [0, 0.1) is 50.2 Å². The first kappa shape index (κ1) is 37.3. The molecule has 12 atom stereocenters. The van der Waals surface area contributed by atoms with Crippen LogP contribution in [0.1, 0.15) is 115 Å². The molecule has 4 saturated carbocycles. The normalized spacial score (nSPS) is 46.6. The van der Waals surface area contributed by atoms with E-state index in [-0.39, 0.29) is 22.9 Å². The van der Waals surface area contributed by atoms with Crippen LogP contribution in [0.25, 0.3) is 0 Å². The Balaban J connectivity index is 1.69. The number of esters is 2. The van der Waals surface area contributed by atoms with Gasteiger partial charge < -0.3 is 29.9 Å². The summed E-state index contributed by atoms with van der Waals surface area (Å²) in [6, 6.07) is 0. The monoisotopic (exact) mass is 670 g/mol. The highest BCUT2D eigenvalue weighted by Gasteiger charge is 2.76. The summed E-state index contributed by atoms with van der Waals surface area (Å²) >= 11 is 0. The highest BCUT2D eigenvalue weighted by molar-refractivity contribution is 5.88. The minimum atomic E-state index is -1.53. The van der Waals surface area contributed by atoms with Gasteiger partial charge >= 0.3 is 11.9 Å². The quantitative estimate of drug-likeness (QED) is 0.158. The van der Waals surface area contributed by atoms with Crippen LogP contribution in [0.2, 0.25) is 0 Å². The minimum absolute atomic E-state index is 0.0746. The molecule has 5 aliphatic rings. The summed E-state index contributed by atoms with van der Waals surface area (Å²) in [6.45, 7) is 21.4. The second-order valence-corrected chi connectivity index (χ2v) is 18.0. The summed E-state index contributed by atoms with van der Waals surface area (Å²) in [5.74, 6) is -1.12. The average Bonchev–Trinajstić information content (AvgIpc) is 3.03. The molecular weight excluding hydrogens is 608 g/mol. The van der Waals surface area contributed by atoms with Gasteiger partial charge in [-0.3, -0.25) is 0 Å². The Morgan fingerprint density at radius 3 is 1.94 bits per heavy atom. The first-order chi connectivity index (χ1) is 22.2. The van der Waals surface area contributed by atoms with Gasteiger partial charge in [0.2, 0.25) is 0 Å². The molecule has 5 aliphatic carbocycles. The largest absolute Gasteiger partial charge is 0.454 e. The number of carbonyl (C=O) groups is 2.